The summed E-state index contributed by atoms with van der Waals surface area (Å²) in [7, 11) is -1.85. The first-order valence-corrected chi connectivity index (χ1v) is 51.1. The summed E-state index contributed by atoms with van der Waals surface area (Å²) in [6.45, 7) is 17.0. The van der Waals surface area contributed by atoms with Crippen molar-refractivity contribution in [2.75, 3.05) is 26.2 Å². The van der Waals surface area contributed by atoms with Gasteiger partial charge in [0.05, 0.1) is 26.2 Å². The number of nitrogens with two attached hydrogens (primary N) is 2. The summed E-state index contributed by atoms with van der Waals surface area (Å²) in [4.78, 5) is 0. The molecule has 4 N–H and O–H groups in total. The van der Waals surface area contributed by atoms with E-state index in [2.05, 4.69) is 45.3 Å². The molecular weight excluding hydrogens is 1300 g/mol. The zero-order chi connectivity index (χ0) is 77.3. The number of rotatable bonds is 92. The fourth-order valence-corrected chi connectivity index (χ4v) is 16.4. The third kappa shape index (κ3) is 101. The SMILES string of the molecule is CCCCCCCCCCCCCCCCCCCC[NH2+]CCCCCCCCCCCCCCCCCCCC.CCCCCCCCCCCCCCCCCCCC[NH2+]CCCCCCCCCCCCCCCCCCCC.CCCCCCCCCCCCCCCCc1ccc(B([O-])[O-])cc1. The van der Waals surface area contributed by atoms with Crippen molar-refractivity contribution in [1.29, 1.82) is 0 Å². The van der Waals surface area contributed by atoms with Crippen LogP contribution in [-0.4, -0.2) is 33.3 Å². The number of hydrogen-bond donors (Lipinski definition) is 2. The molecule has 0 bridgehead atoms. The van der Waals surface area contributed by atoms with Crippen molar-refractivity contribution in [3.63, 3.8) is 0 Å². The lowest BCUT2D eigenvalue weighted by atomic mass is 9.80. The van der Waals surface area contributed by atoms with Gasteiger partial charge in [-0.25, -0.2) is 0 Å². The molecule has 0 unspecified atom stereocenters. The smallest absolute Gasteiger partial charge is 0.0755 e. The van der Waals surface area contributed by atoms with Crippen molar-refractivity contribution >= 4 is 12.6 Å². The van der Waals surface area contributed by atoms with E-state index >= 15 is 0 Å². The fraction of sp³-hybridized carbons (Fsp3) is 0.941. The van der Waals surface area contributed by atoms with Crippen LogP contribution in [-0.2, 0) is 6.42 Å². The topological polar surface area (TPSA) is 79.3 Å². The van der Waals surface area contributed by atoms with Crippen molar-refractivity contribution in [3.8, 4) is 0 Å². The molecule has 0 atom stereocenters. The molecule has 0 saturated heterocycles. The fourth-order valence-electron chi connectivity index (χ4n) is 16.4. The van der Waals surface area contributed by atoms with Crippen molar-refractivity contribution in [2.24, 2.45) is 0 Å². The van der Waals surface area contributed by atoms with Gasteiger partial charge in [-0.05, 0) is 69.8 Å². The number of hydrogen-bond acceptors (Lipinski definition) is 2. The molecule has 0 fully saturated rings. The van der Waals surface area contributed by atoms with Gasteiger partial charge in [0.15, 0.2) is 0 Å². The second kappa shape index (κ2) is 103. The van der Waals surface area contributed by atoms with Crippen molar-refractivity contribution < 1.29 is 20.7 Å². The molecule has 0 heterocycles. The zero-order valence-electron chi connectivity index (χ0n) is 75.2. The van der Waals surface area contributed by atoms with E-state index in [1.165, 1.54) is 584 Å². The van der Waals surface area contributed by atoms with Gasteiger partial charge in [-0.1, -0.05) is 560 Å². The minimum Gasteiger partial charge on any atom is -0.889 e. The van der Waals surface area contributed by atoms with Crippen molar-refractivity contribution in [3.05, 3.63) is 29.8 Å². The minimum absolute atomic E-state index is 0.352. The van der Waals surface area contributed by atoms with Crippen LogP contribution in [0.25, 0.3) is 0 Å². The molecule has 4 nitrogen and oxygen atoms in total. The van der Waals surface area contributed by atoms with Crippen molar-refractivity contribution in [1.82, 2.24) is 0 Å². The largest absolute Gasteiger partial charge is 0.889 e. The summed E-state index contributed by atoms with van der Waals surface area (Å²) in [5, 5.41) is 26.8. The first-order chi connectivity index (χ1) is 53.1. The van der Waals surface area contributed by atoms with Crippen LogP contribution in [0.2, 0.25) is 0 Å². The zero-order valence-corrected chi connectivity index (χ0v) is 75.2. The number of benzene rings is 1. The highest BCUT2D eigenvalue weighted by Gasteiger charge is 2.04. The minimum atomic E-state index is -1.85. The van der Waals surface area contributed by atoms with Crippen LogP contribution < -0.4 is 26.1 Å². The van der Waals surface area contributed by atoms with Gasteiger partial charge in [-0.2, -0.15) is 0 Å². The van der Waals surface area contributed by atoms with Crippen molar-refractivity contribution in [2.45, 2.75) is 593 Å². The van der Waals surface area contributed by atoms with E-state index in [9.17, 15) is 10.0 Å². The highest BCUT2D eigenvalue weighted by Crippen LogP contribution is 2.21. The molecule has 1 aromatic carbocycles. The lowest BCUT2D eigenvalue weighted by Crippen LogP contribution is -2.84. The molecule has 107 heavy (non-hydrogen) atoms. The maximum atomic E-state index is 10.8. The third-order valence-corrected chi connectivity index (χ3v) is 24.1. The molecule has 0 spiro atoms. The van der Waals surface area contributed by atoms with E-state index < -0.39 is 7.12 Å². The Kier molecular flexibility index (Phi) is 104. The van der Waals surface area contributed by atoms with Crippen LogP contribution >= 0.6 is 0 Å². The Morgan fingerprint density at radius 1 is 0.168 bits per heavy atom. The Morgan fingerprint density at radius 3 is 0.421 bits per heavy atom. The van der Waals surface area contributed by atoms with Gasteiger partial charge in [0, 0.05) is 0 Å². The van der Waals surface area contributed by atoms with Gasteiger partial charge in [-0.15, -0.1) is 5.46 Å². The van der Waals surface area contributed by atoms with Gasteiger partial charge in [-0.3, -0.25) is 0 Å². The Balaban J connectivity index is 0. The van der Waals surface area contributed by atoms with Crippen LogP contribution in [0.4, 0.5) is 0 Å². The Morgan fingerprint density at radius 2 is 0.290 bits per heavy atom. The number of unbranched alkanes of at least 4 members (excludes halogenated alkanes) is 81. The van der Waals surface area contributed by atoms with Gasteiger partial charge in [0.1, 0.15) is 0 Å². The van der Waals surface area contributed by atoms with Gasteiger partial charge < -0.3 is 20.7 Å². The molecule has 1 rings (SSSR count). The van der Waals surface area contributed by atoms with Gasteiger partial charge in [0.25, 0.3) is 0 Å². The average Bonchev–Trinajstić information content (AvgIpc) is 0.912. The highest BCUT2D eigenvalue weighted by atomic mass is 16.4. The maximum Gasteiger partial charge on any atom is 0.0755 e. The van der Waals surface area contributed by atoms with Crippen LogP contribution in [0.15, 0.2) is 24.3 Å². The lowest BCUT2D eigenvalue weighted by molar-refractivity contribution is -0.655. The number of quaternary nitrogens is 2. The molecule has 1 aromatic rings. The summed E-state index contributed by atoms with van der Waals surface area (Å²) in [5.74, 6) is 0. The number of aryl methyl sites for hydroxylation is 1. The Hall–Kier alpha value is -0.875. The van der Waals surface area contributed by atoms with Crippen LogP contribution in [0.3, 0.4) is 0 Å². The summed E-state index contributed by atoms with van der Waals surface area (Å²) in [6.07, 6.45) is 126. The molecule has 638 valence electrons. The quantitative estimate of drug-likeness (QED) is 0.0503. The first kappa shape index (κ1) is 108. The molecule has 0 aliphatic rings. The van der Waals surface area contributed by atoms with E-state index in [1.54, 1.807) is 12.1 Å². The van der Waals surface area contributed by atoms with E-state index in [4.69, 9.17) is 0 Å². The van der Waals surface area contributed by atoms with E-state index in [0.29, 0.717) is 5.46 Å². The predicted octanol–water partition coefficient (Wildman–Crippen LogP) is 31.4. The van der Waals surface area contributed by atoms with Crippen LogP contribution in [0.5, 0.6) is 0 Å². The lowest BCUT2D eigenvalue weighted by Gasteiger charge is -2.26. The molecule has 0 aromatic heterocycles. The normalized spacial score (nSPS) is 11.4. The summed E-state index contributed by atoms with van der Waals surface area (Å²) >= 11 is 0. The van der Waals surface area contributed by atoms with E-state index in [1.807, 2.05) is 12.1 Å². The Bertz CT molecular complexity index is 1470. The average molecular weight is 1500 g/mol. The summed E-state index contributed by atoms with van der Waals surface area (Å²) in [5.41, 5.74) is 1.59. The Labute approximate surface area is 678 Å². The third-order valence-electron chi connectivity index (χ3n) is 24.1. The maximum absolute atomic E-state index is 10.8. The molecule has 0 radical (unpaired) electrons. The standard InChI is InChI=1S/2C40H83N.C22H37BO2/c2*1-3-5-7-9-11-13-15-17-19-21-23-25-27-29-31-33-35-37-39-41-40-38-36-34-32-30-28-26-24-22-20-18-16-14-12-10-8-6-4-2;1-2-3-4-5-6-7-8-9-10-11-12-13-14-15-16-21-17-19-22(20-18-21)23(24)25/h2*41H,3-40H2,1-2H3;17-20H,2-16H2,1H3/q;;-2/p+2. The second-order valence-corrected chi connectivity index (χ2v) is 35.2. The molecule has 0 saturated carbocycles. The highest BCUT2D eigenvalue weighted by molar-refractivity contribution is 6.55. The molecule has 0 aliphatic heterocycles. The second-order valence-electron chi connectivity index (χ2n) is 35.2. The predicted molar refractivity (Wildman–Crippen MR) is 484 cm³/mol. The van der Waals surface area contributed by atoms with Gasteiger partial charge in [0.2, 0.25) is 0 Å². The summed E-state index contributed by atoms with van der Waals surface area (Å²) < 4.78 is 0. The van der Waals surface area contributed by atoms with E-state index in [-0.39, 0.29) is 0 Å². The summed E-state index contributed by atoms with van der Waals surface area (Å²) in [6, 6.07) is 7.23. The molecular formula is C102H205BN2O2. The monoisotopic (exact) mass is 1500 g/mol. The van der Waals surface area contributed by atoms with Crippen LogP contribution in [0, 0.1) is 0 Å². The molecule has 0 amide bonds. The molecule has 0 aliphatic carbocycles. The van der Waals surface area contributed by atoms with Crippen LogP contribution in [0.1, 0.15) is 592 Å². The van der Waals surface area contributed by atoms with Gasteiger partial charge >= 0.3 is 0 Å². The van der Waals surface area contributed by atoms with E-state index in [0.717, 1.165) is 6.42 Å². The molecule has 5 heteroatoms. The first-order valence-electron chi connectivity index (χ1n) is 51.1.